The second-order valence-electron chi connectivity index (χ2n) is 5.24. The van der Waals surface area contributed by atoms with Crippen LogP contribution in [-0.4, -0.2) is 42.6 Å². The Labute approximate surface area is 121 Å². The Hall–Kier alpha value is -2.40. The van der Waals surface area contributed by atoms with Crippen LogP contribution in [0.1, 0.15) is 0 Å². The number of urea groups is 1. The first-order valence-corrected chi connectivity index (χ1v) is 6.97. The fourth-order valence-electron chi connectivity index (χ4n) is 3.03. The monoisotopic (exact) mass is 282 g/mol. The van der Waals surface area contributed by atoms with Crippen LogP contribution in [0.3, 0.4) is 0 Å². The van der Waals surface area contributed by atoms with E-state index in [9.17, 15) is 9.59 Å². The summed E-state index contributed by atoms with van der Waals surface area (Å²) in [6.07, 6.45) is 0. The minimum absolute atomic E-state index is 0.198. The summed E-state index contributed by atoms with van der Waals surface area (Å²) in [7, 11) is 0. The van der Waals surface area contributed by atoms with Gasteiger partial charge in [-0.3, -0.25) is 4.79 Å². The highest BCUT2D eigenvalue weighted by molar-refractivity contribution is 6.24. The van der Waals surface area contributed by atoms with E-state index in [1.807, 2.05) is 42.5 Å². The summed E-state index contributed by atoms with van der Waals surface area (Å²) in [6.45, 7) is 1.24. The fraction of sp³-hybridized carbons (Fsp3) is 0.250. The molecule has 2 aromatic rings. The summed E-state index contributed by atoms with van der Waals surface area (Å²) < 4.78 is 5.33. The van der Waals surface area contributed by atoms with Crippen molar-refractivity contribution in [3.05, 3.63) is 42.5 Å². The molecule has 5 heteroatoms. The van der Waals surface area contributed by atoms with E-state index in [2.05, 4.69) is 0 Å². The van der Waals surface area contributed by atoms with Crippen LogP contribution >= 0.6 is 0 Å². The van der Waals surface area contributed by atoms with Gasteiger partial charge in [-0.15, -0.1) is 0 Å². The number of carbonyl (C=O) groups is 2. The third-order valence-corrected chi connectivity index (χ3v) is 4.08. The molecule has 2 saturated heterocycles. The van der Waals surface area contributed by atoms with E-state index < -0.39 is 6.04 Å². The Morgan fingerprint density at radius 2 is 1.86 bits per heavy atom. The van der Waals surface area contributed by atoms with Gasteiger partial charge in [0.05, 0.1) is 18.9 Å². The van der Waals surface area contributed by atoms with Crippen LogP contribution in [0.5, 0.6) is 0 Å². The number of ether oxygens (including phenoxy) is 1. The zero-order valence-electron chi connectivity index (χ0n) is 11.4. The molecule has 0 N–H and O–H groups in total. The van der Waals surface area contributed by atoms with E-state index in [0.29, 0.717) is 18.8 Å². The van der Waals surface area contributed by atoms with Gasteiger partial charge in [-0.05, 0) is 11.5 Å². The molecule has 4 rings (SSSR count). The van der Waals surface area contributed by atoms with Gasteiger partial charge in [-0.1, -0.05) is 36.4 Å². The molecule has 2 heterocycles. The summed E-state index contributed by atoms with van der Waals surface area (Å²) in [4.78, 5) is 28.0. The SMILES string of the molecule is O=C1C2COCCN2C(=O)N1c1cccc2ccccc12. The normalized spacial score (nSPS) is 22.0. The van der Waals surface area contributed by atoms with Gasteiger partial charge >= 0.3 is 6.03 Å². The maximum atomic E-state index is 12.6. The standard InChI is InChI=1S/C16H14N2O3/c19-15-14-10-21-9-8-17(14)16(20)18(15)13-7-3-5-11-4-1-2-6-12(11)13/h1-7,14H,8-10H2. The zero-order chi connectivity index (χ0) is 14.4. The van der Waals surface area contributed by atoms with Crippen molar-refractivity contribution in [3.8, 4) is 0 Å². The van der Waals surface area contributed by atoms with Crippen molar-refractivity contribution >= 4 is 28.4 Å². The second kappa shape index (κ2) is 4.56. The van der Waals surface area contributed by atoms with Crippen LogP contribution in [0.2, 0.25) is 0 Å². The van der Waals surface area contributed by atoms with E-state index in [-0.39, 0.29) is 18.5 Å². The molecule has 106 valence electrons. The lowest BCUT2D eigenvalue weighted by molar-refractivity contribution is -0.123. The van der Waals surface area contributed by atoms with Crippen LogP contribution in [0.4, 0.5) is 10.5 Å². The molecular formula is C16H14N2O3. The quantitative estimate of drug-likeness (QED) is 0.752. The van der Waals surface area contributed by atoms with Gasteiger partial charge in [0, 0.05) is 11.9 Å². The van der Waals surface area contributed by atoms with Crippen molar-refractivity contribution < 1.29 is 14.3 Å². The number of hydrogen-bond acceptors (Lipinski definition) is 3. The third-order valence-electron chi connectivity index (χ3n) is 4.08. The molecule has 0 saturated carbocycles. The first kappa shape index (κ1) is 12.3. The molecule has 2 aliphatic rings. The molecule has 5 nitrogen and oxygen atoms in total. The van der Waals surface area contributed by atoms with Crippen molar-refractivity contribution in [3.63, 3.8) is 0 Å². The van der Waals surface area contributed by atoms with Crippen molar-refractivity contribution in [2.45, 2.75) is 6.04 Å². The van der Waals surface area contributed by atoms with Crippen LogP contribution in [0.15, 0.2) is 42.5 Å². The summed E-state index contributed by atoms with van der Waals surface area (Å²) in [5, 5.41) is 1.92. The summed E-state index contributed by atoms with van der Waals surface area (Å²) in [5.41, 5.74) is 0.650. The van der Waals surface area contributed by atoms with Crippen molar-refractivity contribution in [2.75, 3.05) is 24.7 Å². The number of amides is 3. The minimum atomic E-state index is -0.481. The molecular weight excluding hydrogens is 268 g/mol. The average molecular weight is 282 g/mol. The highest BCUT2D eigenvalue weighted by atomic mass is 16.5. The van der Waals surface area contributed by atoms with Gasteiger partial charge in [0.1, 0.15) is 6.04 Å². The fourth-order valence-corrected chi connectivity index (χ4v) is 3.03. The van der Waals surface area contributed by atoms with Gasteiger partial charge < -0.3 is 9.64 Å². The van der Waals surface area contributed by atoms with E-state index in [4.69, 9.17) is 4.74 Å². The van der Waals surface area contributed by atoms with Crippen molar-refractivity contribution in [1.82, 2.24) is 4.90 Å². The number of anilines is 1. The Bertz CT molecular complexity index is 714. The zero-order valence-corrected chi connectivity index (χ0v) is 11.4. The molecule has 3 amide bonds. The number of nitrogens with zero attached hydrogens (tertiary/aromatic N) is 2. The number of benzene rings is 2. The van der Waals surface area contributed by atoms with Crippen LogP contribution < -0.4 is 4.90 Å². The number of rotatable bonds is 1. The van der Waals surface area contributed by atoms with Gasteiger partial charge in [-0.2, -0.15) is 0 Å². The Morgan fingerprint density at radius 3 is 2.71 bits per heavy atom. The van der Waals surface area contributed by atoms with Crippen LogP contribution in [-0.2, 0) is 9.53 Å². The highest BCUT2D eigenvalue weighted by Gasteiger charge is 2.47. The lowest BCUT2D eigenvalue weighted by Crippen LogP contribution is -2.45. The topological polar surface area (TPSA) is 49.9 Å². The molecule has 2 aliphatic heterocycles. The molecule has 0 spiro atoms. The number of carbonyl (C=O) groups excluding carboxylic acids is 2. The maximum absolute atomic E-state index is 12.6. The smallest absolute Gasteiger partial charge is 0.332 e. The number of morpholine rings is 1. The Kier molecular flexibility index (Phi) is 2.68. The van der Waals surface area contributed by atoms with E-state index in [1.54, 1.807) is 4.90 Å². The minimum Gasteiger partial charge on any atom is -0.377 e. The van der Waals surface area contributed by atoms with Crippen molar-refractivity contribution in [1.29, 1.82) is 0 Å². The predicted molar refractivity (Wildman–Crippen MR) is 78.1 cm³/mol. The largest absolute Gasteiger partial charge is 0.377 e. The van der Waals surface area contributed by atoms with Crippen molar-refractivity contribution in [2.24, 2.45) is 0 Å². The molecule has 2 aromatic carbocycles. The van der Waals surface area contributed by atoms with Gasteiger partial charge in [0.2, 0.25) is 0 Å². The van der Waals surface area contributed by atoms with E-state index in [0.717, 1.165) is 10.8 Å². The van der Waals surface area contributed by atoms with Gasteiger partial charge in [-0.25, -0.2) is 9.69 Å². The molecule has 1 unspecified atom stereocenters. The maximum Gasteiger partial charge on any atom is 0.332 e. The Balaban J connectivity index is 1.85. The molecule has 0 radical (unpaired) electrons. The molecule has 2 fully saturated rings. The summed E-state index contributed by atoms with van der Waals surface area (Å²) in [5.74, 6) is -0.198. The van der Waals surface area contributed by atoms with Crippen LogP contribution in [0.25, 0.3) is 10.8 Å². The van der Waals surface area contributed by atoms with E-state index in [1.165, 1.54) is 4.90 Å². The molecule has 1 atom stereocenters. The van der Waals surface area contributed by atoms with Gasteiger partial charge in [0.15, 0.2) is 0 Å². The summed E-state index contributed by atoms with van der Waals surface area (Å²) in [6, 6.07) is 12.7. The van der Waals surface area contributed by atoms with Crippen LogP contribution in [0, 0.1) is 0 Å². The number of fused-ring (bicyclic) bond motifs is 2. The molecule has 21 heavy (non-hydrogen) atoms. The van der Waals surface area contributed by atoms with Gasteiger partial charge in [0.25, 0.3) is 5.91 Å². The second-order valence-corrected chi connectivity index (χ2v) is 5.24. The first-order chi connectivity index (χ1) is 10.3. The molecule has 0 bridgehead atoms. The lowest BCUT2D eigenvalue weighted by atomic mass is 10.1. The summed E-state index contributed by atoms with van der Waals surface area (Å²) >= 11 is 0. The highest BCUT2D eigenvalue weighted by Crippen LogP contribution is 2.32. The lowest BCUT2D eigenvalue weighted by Gasteiger charge is -2.26. The first-order valence-electron chi connectivity index (χ1n) is 6.97. The molecule has 0 aromatic heterocycles. The number of imide groups is 1. The third kappa shape index (κ3) is 1.74. The van der Waals surface area contributed by atoms with E-state index >= 15 is 0 Å². The Morgan fingerprint density at radius 1 is 1.05 bits per heavy atom. The predicted octanol–water partition coefficient (Wildman–Crippen LogP) is 2.01. The molecule has 0 aliphatic carbocycles. The number of hydrogen-bond donors (Lipinski definition) is 0. The average Bonchev–Trinajstić information content (AvgIpc) is 2.79.